The van der Waals surface area contributed by atoms with Crippen molar-refractivity contribution in [1.29, 1.82) is 0 Å². The van der Waals surface area contributed by atoms with Gasteiger partial charge in [0, 0.05) is 39.3 Å². The molecule has 4 saturated heterocycles. The summed E-state index contributed by atoms with van der Waals surface area (Å²) in [6.07, 6.45) is 13.5. The minimum Gasteiger partial charge on any atom is -0.458 e. The number of fused-ring (bicyclic) bond motifs is 5. The van der Waals surface area contributed by atoms with Gasteiger partial charge in [0.1, 0.15) is 35.9 Å². The summed E-state index contributed by atoms with van der Waals surface area (Å²) in [4.78, 5) is 52.5. The second-order valence-corrected chi connectivity index (χ2v) is 17.7. The quantitative estimate of drug-likeness (QED) is 0.100. The fraction of sp³-hybridized carbons (Fsp3) is 0.638. The summed E-state index contributed by atoms with van der Waals surface area (Å²) >= 11 is 0. The molecule has 2 amide bonds. The zero-order valence-electron chi connectivity index (χ0n) is 35.0. The molecule has 4 aliphatic heterocycles. The summed E-state index contributed by atoms with van der Waals surface area (Å²) in [5, 5.41) is 14.0. The van der Waals surface area contributed by atoms with Gasteiger partial charge in [-0.15, -0.1) is 0 Å². The molecule has 4 heterocycles. The first kappa shape index (κ1) is 42.1. The van der Waals surface area contributed by atoms with Gasteiger partial charge < -0.3 is 34.3 Å². The maximum atomic E-state index is 15.6. The number of carbonyl (C=O) groups excluding carboxylic acids is 3. The van der Waals surface area contributed by atoms with E-state index >= 15 is 4.79 Å². The maximum absolute atomic E-state index is 15.6. The average Bonchev–Trinajstić information content (AvgIpc) is 3.80. The van der Waals surface area contributed by atoms with Gasteiger partial charge in [-0.1, -0.05) is 106 Å². The summed E-state index contributed by atoms with van der Waals surface area (Å²) in [7, 11) is 1.64. The third-order valence-electron chi connectivity index (χ3n) is 13.6. The number of esters is 1. The molecule has 0 aromatic heterocycles. The van der Waals surface area contributed by atoms with Crippen molar-refractivity contribution in [3.05, 3.63) is 77.4 Å². The molecule has 6 aliphatic rings. The second kappa shape index (κ2) is 18.1. The smallest absolute Gasteiger partial charge is 0.327 e. The Morgan fingerprint density at radius 3 is 2.42 bits per heavy atom. The first-order valence-electron chi connectivity index (χ1n) is 22.3. The van der Waals surface area contributed by atoms with Crippen molar-refractivity contribution >= 4 is 23.9 Å². The van der Waals surface area contributed by atoms with E-state index in [2.05, 4.69) is 43.4 Å². The zero-order chi connectivity index (χ0) is 41.1. The second-order valence-electron chi connectivity index (χ2n) is 17.7. The third kappa shape index (κ3) is 8.63. The van der Waals surface area contributed by atoms with Crippen molar-refractivity contribution in [2.24, 2.45) is 11.3 Å². The van der Waals surface area contributed by atoms with Gasteiger partial charge >= 0.3 is 5.97 Å². The van der Waals surface area contributed by atoms with E-state index in [9.17, 15) is 14.7 Å². The predicted octanol–water partition coefficient (Wildman–Crippen LogP) is 5.89. The minimum absolute atomic E-state index is 0.0468. The fourth-order valence-corrected chi connectivity index (χ4v) is 10.5. The Kier molecular flexibility index (Phi) is 12.9. The molecule has 8 rings (SSSR count). The van der Waals surface area contributed by atoms with E-state index in [1.54, 1.807) is 12.1 Å². The summed E-state index contributed by atoms with van der Waals surface area (Å²) < 4.78 is 26.1. The number of allylic oxidation sites excluding steroid dienone is 1. The van der Waals surface area contributed by atoms with Crippen LogP contribution in [0.25, 0.3) is 6.08 Å². The molecule has 0 spiro atoms. The van der Waals surface area contributed by atoms with Gasteiger partial charge in [0.05, 0.1) is 25.4 Å². The number of hydrogen-bond donors (Lipinski definition) is 2. The Hall–Kier alpha value is -3.65. The van der Waals surface area contributed by atoms with Crippen molar-refractivity contribution in [1.82, 2.24) is 15.3 Å². The summed E-state index contributed by atoms with van der Waals surface area (Å²) in [6, 6.07) is 15.7. The lowest BCUT2D eigenvalue weighted by Crippen LogP contribution is -2.70. The van der Waals surface area contributed by atoms with Gasteiger partial charge in [-0.2, -0.15) is 5.06 Å². The van der Waals surface area contributed by atoms with E-state index in [1.165, 1.54) is 4.90 Å². The Balaban J connectivity index is 1.13. The largest absolute Gasteiger partial charge is 0.458 e. The number of rotatable bonds is 19. The van der Waals surface area contributed by atoms with Gasteiger partial charge in [0.25, 0.3) is 0 Å². The van der Waals surface area contributed by atoms with Crippen LogP contribution in [0.3, 0.4) is 0 Å². The molecule has 6 fully saturated rings. The molecule has 0 radical (unpaired) electrons. The van der Waals surface area contributed by atoms with Crippen LogP contribution in [0, 0.1) is 11.3 Å². The molecular formula is C47H63N3O9. The van der Waals surface area contributed by atoms with E-state index < -0.39 is 59.6 Å². The number of ether oxygens (including phenoxy) is 4. The molecule has 12 heteroatoms. The highest BCUT2D eigenvalue weighted by Gasteiger charge is 2.76. The van der Waals surface area contributed by atoms with Crippen LogP contribution in [-0.4, -0.2) is 108 Å². The number of amides is 2. The van der Waals surface area contributed by atoms with E-state index in [1.807, 2.05) is 42.5 Å². The molecule has 2 saturated carbocycles. The molecule has 2 bridgehead atoms. The molecular weight excluding hydrogens is 751 g/mol. The van der Waals surface area contributed by atoms with E-state index in [0.717, 1.165) is 74.5 Å². The van der Waals surface area contributed by atoms with Crippen molar-refractivity contribution in [2.45, 2.75) is 158 Å². The number of likely N-dealkylation sites (N-methyl/N-ethyl adjacent to an activating group) is 1. The van der Waals surface area contributed by atoms with Crippen LogP contribution < -0.4 is 5.32 Å². The van der Waals surface area contributed by atoms with Crippen LogP contribution in [0.1, 0.15) is 108 Å². The first-order valence-corrected chi connectivity index (χ1v) is 22.3. The molecule has 2 aromatic rings. The molecule has 2 N–H and O–H groups in total. The van der Waals surface area contributed by atoms with Crippen LogP contribution in [0.15, 0.2) is 60.7 Å². The number of benzene rings is 2. The number of unbranched alkanes of at least 4 members (excludes halogenated alkanes) is 4. The maximum Gasteiger partial charge on any atom is 0.327 e. The van der Waals surface area contributed by atoms with Crippen LogP contribution in [-0.2, 0) is 51.1 Å². The number of aliphatic hydroxyl groups is 1. The molecule has 5 unspecified atom stereocenters. The number of hydroxylamine groups is 2. The number of epoxide rings is 1. The van der Waals surface area contributed by atoms with Gasteiger partial charge in [0.2, 0.25) is 11.8 Å². The average molecular weight is 814 g/mol. The predicted molar refractivity (Wildman–Crippen MR) is 220 cm³/mol. The molecule has 320 valence electrons. The Bertz CT molecular complexity index is 1810. The van der Waals surface area contributed by atoms with E-state index in [-0.39, 0.29) is 38.4 Å². The van der Waals surface area contributed by atoms with Crippen molar-refractivity contribution in [3.8, 4) is 0 Å². The van der Waals surface area contributed by atoms with Gasteiger partial charge in [0.15, 0.2) is 11.8 Å². The highest BCUT2D eigenvalue weighted by Crippen LogP contribution is 2.58. The van der Waals surface area contributed by atoms with Gasteiger partial charge in [-0.3, -0.25) is 19.2 Å². The number of nitrogens with zero attached hydrogens (tertiary/aromatic N) is 2. The van der Waals surface area contributed by atoms with Gasteiger partial charge in [-0.05, 0) is 54.7 Å². The van der Waals surface area contributed by atoms with Gasteiger partial charge in [-0.25, -0.2) is 0 Å². The summed E-state index contributed by atoms with van der Waals surface area (Å²) in [5.74, 6) is -1.72. The lowest BCUT2D eigenvalue weighted by atomic mass is 9.62. The van der Waals surface area contributed by atoms with Crippen molar-refractivity contribution in [3.63, 3.8) is 0 Å². The Morgan fingerprint density at radius 1 is 0.949 bits per heavy atom. The van der Waals surface area contributed by atoms with Crippen molar-refractivity contribution in [2.75, 3.05) is 20.2 Å². The monoisotopic (exact) mass is 813 g/mol. The Morgan fingerprint density at radius 2 is 1.69 bits per heavy atom. The molecule has 2 aliphatic carbocycles. The van der Waals surface area contributed by atoms with Crippen LogP contribution in [0.4, 0.5) is 0 Å². The highest BCUT2D eigenvalue weighted by atomic mass is 16.8. The zero-order valence-corrected chi connectivity index (χ0v) is 35.0. The molecule has 2 aromatic carbocycles. The highest BCUT2D eigenvalue weighted by molar-refractivity contribution is 5.96. The van der Waals surface area contributed by atoms with Crippen LogP contribution >= 0.6 is 0 Å². The number of nitrogens with one attached hydrogen (secondary N) is 1. The van der Waals surface area contributed by atoms with E-state index in [0.29, 0.717) is 31.0 Å². The number of carbonyl (C=O) groups is 3. The number of aliphatic hydroxyl groups excluding tert-OH is 1. The van der Waals surface area contributed by atoms with Crippen LogP contribution in [0.2, 0.25) is 0 Å². The van der Waals surface area contributed by atoms with E-state index in [4.69, 9.17) is 23.8 Å². The standard InChI is InChI=1S/C47H63N3O9/c1-4-6-11-22-46(23-12-7-5-2)57-39-38-29-47(45(54)49(3)35(43(52)48-24-25-51)27-31-14-9-8-10-15-31)41(44(53)56-38)50(59-42(47)40(39)58-46)30-34-17-13-16-32(26-34)18-19-33-20-21-36-37(28-33)55-36/h8-10,13-19,26,33,35-42,51H,4-7,11-12,20-25,27-30H2,1-3H3,(H,48,52)/t33?,35-,36?,37?,38?,39+,40+,41+,42-,47?/m1/s1. The summed E-state index contributed by atoms with van der Waals surface area (Å²) in [5.41, 5.74) is 1.40. The lowest BCUT2D eigenvalue weighted by Gasteiger charge is -2.50. The lowest BCUT2D eigenvalue weighted by molar-refractivity contribution is -0.225. The molecule has 10 atom stereocenters. The summed E-state index contributed by atoms with van der Waals surface area (Å²) in [6.45, 7) is 4.38. The molecule has 59 heavy (non-hydrogen) atoms. The topological polar surface area (TPSA) is 139 Å². The minimum atomic E-state index is -1.43. The van der Waals surface area contributed by atoms with Crippen LogP contribution in [0.5, 0.6) is 0 Å². The normalized spacial score (nSPS) is 32.0. The molecule has 12 nitrogen and oxygen atoms in total. The SMILES string of the molecule is CCCCCC1(CCCCC)O[C@@H]2[C@H]3ON(Cc4cccc(C=CC5CCC6OC6C5)c4)[C@H]4C(=O)OC(CC34C(=O)N(C)[C@H](Cc3ccccc3)C(=O)NCCO)[C@@H]2O1. The fourth-order valence-electron chi connectivity index (χ4n) is 10.5. The van der Waals surface area contributed by atoms with Crippen molar-refractivity contribution < 1.29 is 43.3 Å². The number of hydrogen-bond acceptors (Lipinski definition) is 10. The first-order chi connectivity index (χ1) is 28.7. The third-order valence-corrected chi connectivity index (χ3v) is 13.6. The Labute approximate surface area is 348 Å².